The summed E-state index contributed by atoms with van der Waals surface area (Å²) in [5.74, 6) is 0. The van der Waals surface area contributed by atoms with Crippen LogP contribution in [0.2, 0.25) is 0 Å². The van der Waals surface area contributed by atoms with Crippen LogP contribution in [0.1, 0.15) is 22.3 Å². The van der Waals surface area contributed by atoms with E-state index in [-0.39, 0.29) is 0 Å². The SMILES string of the molecule is Cc1cc(C=Nn2cnnc2)c(C)cc1C=Nn1cnnc1. The number of nitrogens with zero attached hydrogens (tertiary/aromatic N) is 8. The number of hydrogen-bond acceptors (Lipinski definition) is 6. The molecule has 0 N–H and O–H groups in total. The molecule has 110 valence electrons. The van der Waals surface area contributed by atoms with Crippen molar-refractivity contribution in [3.63, 3.8) is 0 Å². The lowest BCUT2D eigenvalue weighted by Crippen LogP contribution is -1.97. The highest BCUT2D eigenvalue weighted by Crippen LogP contribution is 2.13. The van der Waals surface area contributed by atoms with Crippen LogP contribution in [0.15, 0.2) is 47.6 Å². The van der Waals surface area contributed by atoms with E-state index in [0.29, 0.717) is 0 Å². The van der Waals surface area contributed by atoms with Gasteiger partial charge in [0.15, 0.2) is 0 Å². The van der Waals surface area contributed by atoms with Gasteiger partial charge in [0, 0.05) is 0 Å². The van der Waals surface area contributed by atoms with E-state index in [1.165, 1.54) is 0 Å². The highest BCUT2D eigenvalue weighted by atomic mass is 15.4. The van der Waals surface area contributed by atoms with E-state index in [0.717, 1.165) is 22.3 Å². The van der Waals surface area contributed by atoms with Crippen LogP contribution < -0.4 is 0 Å². The van der Waals surface area contributed by atoms with Gasteiger partial charge in [0.25, 0.3) is 0 Å². The fourth-order valence-corrected chi connectivity index (χ4v) is 1.91. The molecular weight excluding hydrogens is 280 g/mol. The second kappa shape index (κ2) is 6.08. The molecule has 22 heavy (non-hydrogen) atoms. The van der Waals surface area contributed by atoms with Crippen LogP contribution in [-0.2, 0) is 0 Å². The molecule has 3 rings (SSSR count). The van der Waals surface area contributed by atoms with Gasteiger partial charge in [-0.25, -0.2) is 9.35 Å². The first-order valence-electron chi connectivity index (χ1n) is 6.61. The van der Waals surface area contributed by atoms with Gasteiger partial charge < -0.3 is 0 Å². The predicted octanol–water partition coefficient (Wildman–Crippen LogP) is 1.25. The molecule has 0 amide bonds. The maximum Gasteiger partial charge on any atom is 0.141 e. The Morgan fingerprint density at radius 1 is 0.727 bits per heavy atom. The lowest BCUT2D eigenvalue weighted by molar-refractivity contribution is 0.877. The molecule has 0 saturated heterocycles. The van der Waals surface area contributed by atoms with Crippen molar-refractivity contribution in [3.8, 4) is 0 Å². The smallest absolute Gasteiger partial charge is 0.141 e. The van der Waals surface area contributed by atoms with Gasteiger partial charge in [-0.2, -0.15) is 10.2 Å². The van der Waals surface area contributed by atoms with Crippen molar-refractivity contribution in [2.75, 3.05) is 0 Å². The molecule has 8 nitrogen and oxygen atoms in total. The standard InChI is InChI=1S/C14H14N8/c1-11-3-14(6-20-22-9-17-18-10-22)12(2)4-13(11)5-19-21-7-15-16-8-21/h3-10H,1-2H3. The Kier molecular flexibility index (Phi) is 3.82. The zero-order valence-electron chi connectivity index (χ0n) is 12.2. The number of hydrogen-bond donors (Lipinski definition) is 0. The third-order valence-corrected chi connectivity index (χ3v) is 3.13. The van der Waals surface area contributed by atoms with Crippen molar-refractivity contribution in [1.82, 2.24) is 29.7 Å². The molecule has 2 aromatic heterocycles. The molecule has 0 aliphatic rings. The zero-order valence-corrected chi connectivity index (χ0v) is 12.2. The summed E-state index contributed by atoms with van der Waals surface area (Å²) in [5, 5.41) is 23.4. The quantitative estimate of drug-likeness (QED) is 0.678. The predicted molar refractivity (Wildman–Crippen MR) is 81.9 cm³/mol. The largest absolute Gasteiger partial charge is 0.208 e. The van der Waals surface area contributed by atoms with E-state index in [1.807, 2.05) is 13.8 Å². The summed E-state index contributed by atoms with van der Waals surface area (Å²) in [6, 6.07) is 4.13. The van der Waals surface area contributed by atoms with Gasteiger partial charge in [-0.15, -0.1) is 20.4 Å². The molecule has 0 aliphatic carbocycles. The molecule has 3 aromatic rings. The second-order valence-electron chi connectivity index (χ2n) is 4.74. The van der Waals surface area contributed by atoms with Gasteiger partial charge in [-0.1, -0.05) is 0 Å². The summed E-state index contributed by atoms with van der Waals surface area (Å²) in [6.45, 7) is 4.06. The highest BCUT2D eigenvalue weighted by Gasteiger charge is 2.02. The molecule has 0 bridgehead atoms. The van der Waals surface area contributed by atoms with Crippen LogP contribution in [0, 0.1) is 13.8 Å². The van der Waals surface area contributed by atoms with Gasteiger partial charge in [0.05, 0.1) is 12.4 Å². The first-order valence-corrected chi connectivity index (χ1v) is 6.61. The molecule has 0 fully saturated rings. The lowest BCUT2D eigenvalue weighted by atomic mass is 10.0. The molecule has 0 unspecified atom stereocenters. The van der Waals surface area contributed by atoms with Crippen LogP contribution in [0.3, 0.4) is 0 Å². The number of rotatable bonds is 4. The fourth-order valence-electron chi connectivity index (χ4n) is 1.91. The summed E-state index contributed by atoms with van der Waals surface area (Å²) in [7, 11) is 0. The molecule has 0 radical (unpaired) electrons. The van der Waals surface area contributed by atoms with Gasteiger partial charge in [-0.05, 0) is 48.2 Å². The van der Waals surface area contributed by atoms with E-state index in [2.05, 4.69) is 42.7 Å². The van der Waals surface area contributed by atoms with Gasteiger partial charge in [-0.3, -0.25) is 0 Å². The van der Waals surface area contributed by atoms with Crippen molar-refractivity contribution in [2.45, 2.75) is 13.8 Å². The topological polar surface area (TPSA) is 86.1 Å². The van der Waals surface area contributed by atoms with Gasteiger partial charge in [0.2, 0.25) is 0 Å². The Balaban J connectivity index is 1.85. The molecule has 0 saturated carbocycles. The summed E-state index contributed by atoms with van der Waals surface area (Å²) < 4.78 is 3.10. The molecule has 0 aliphatic heterocycles. The minimum absolute atomic E-state index is 1.03. The monoisotopic (exact) mass is 294 g/mol. The lowest BCUT2D eigenvalue weighted by Gasteiger charge is -2.06. The molecule has 0 atom stereocenters. The molecule has 2 heterocycles. The molecule has 0 spiro atoms. The average molecular weight is 294 g/mol. The first kappa shape index (κ1) is 13.8. The molecule has 1 aromatic carbocycles. The zero-order chi connectivity index (χ0) is 15.4. The Labute approximate surface area is 126 Å². The van der Waals surface area contributed by atoms with Crippen LogP contribution in [0.25, 0.3) is 0 Å². The Morgan fingerprint density at radius 3 is 1.45 bits per heavy atom. The fraction of sp³-hybridized carbons (Fsp3) is 0.143. The Bertz CT molecular complexity index is 730. The van der Waals surface area contributed by atoms with Crippen molar-refractivity contribution in [1.29, 1.82) is 0 Å². The number of benzene rings is 1. The van der Waals surface area contributed by atoms with Gasteiger partial charge >= 0.3 is 0 Å². The van der Waals surface area contributed by atoms with E-state index in [1.54, 1.807) is 47.1 Å². The summed E-state index contributed by atoms with van der Waals surface area (Å²) in [6.07, 6.45) is 9.73. The van der Waals surface area contributed by atoms with Crippen LogP contribution in [0.5, 0.6) is 0 Å². The van der Waals surface area contributed by atoms with Crippen LogP contribution in [-0.4, -0.2) is 42.2 Å². The van der Waals surface area contributed by atoms with E-state index >= 15 is 0 Å². The van der Waals surface area contributed by atoms with Gasteiger partial charge in [0.1, 0.15) is 25.3 Å². The minimum atomic E-state index is 1.03. The van der Waals surface area contributed by atoms with Crippen molar-refractivity contribution in [3.05, 3.63) is 59.7 Å². The molecular formula is C14H14N8. The summed E-state index contributed by atoms with van der Waals surface area (Å²) >= 11 is 0. The van der Waals surface area contributed by atoms with E-state index in [9.17, 15) is 0 Å². The number of aryl methyl sites for hydroxylation is 2. The third-order valence-electron chi connectivity index (χ3n) is 3.13. The minimum Gasteiger partial charge on any atom is -0.208 e. The number of aromatic nitrogens is 6. The maximum atomic E-state index is 4.27. The van der Waals surface area contributed by atoms with E-state index in [4.69, 9.17) is 0 Å². The normalized spacial score (nSPS) is 11.7. The van der Waals surface area contributed by atoms with E-state index < -0.39 is 0 Å². The van der Waals surface area contributed by atoms with Crippen molar-refractivity contribution < 1.29 is 0 Å². The van der Waals surface area contributed by atoms with Crippen molar-refractivity contribution >= 4 is 12.4 Å². The van der Waals surface area contributed by atoms with Crippen LogP contribution >= 0.6 is 0 Å². The second-order valence-corrected chi connectivity index (χ2v) is 4.74. The average Bonchev–Trinajstić information content (AvgIpc) is 3.19. The summed E-state index contributed by atoms with van der Waals surface area (Å²) in [5.41, 5.74) is 4.28. The molecule has 8 heteroatoms. The Hall–Kier alpha value is -3.16. The third kappa shape index (κ3) is 3.11. The first-order chi connectivity index (χ1) is 10.7. The summed E-state index contributed by atoms with van der Waals surface area (Å²) in [4.78, 5) is 0. The highest BCUT2D eigenvalue weighted by molar-refractivity contribution is 5.87. The van der Waals surface area contributed by atoms with Crippen LogP contribution in [0.4, 0.5) is 0 Å². The van der Waals surface area contributed by atoms with Crippen molar-refractivity contribution in [2.24, 2.45) is 10.2 Å². The maximum absolute atomic E-state index is 4.27. The Morgan fingerprint density at radius 2 is 1.09 bits per heavy atom.